The standard InChI is InChI=1S/C21H26N4O2/c1-3-25(21(27)17(22)13-15-5-7-16(26)8-6-15)11-10-20-23-18-9-4-14(2)12-19(18)24-20/h4-9,12,17,26H,3,10-11,13,22H2,1-2H3,(H,23,24)/t17-/m0/s1. The molecule has 1 aromatic heterocycles. The Balaban J connectivity index is 1.61. The van der Waals surface area contributed by atoms with Gasteiger partial charge in [0, 0.05) is 19.5 Å². The molecule has 1 heterocycles. The third kappa shape index (κ3) is 4.65. The summed E-state index contributed by atoms with van der Waals surface area (Å²) in [7, 11) is 0. The third-order valence-corrected chi connectivity index (χ3v) is 4.71. The molecule has 3 aromatic rings. The van der Waals surface area contributed by atoms with Gasteiger partial charge in [-0.1, -0.05) is 18.2 Å². The van der Waals surface area contributed by atoms with Crippen LogP contribution in [0.5, 0.6) is 5.75 Å². The number of phenolic OH excluding ortho intramolecular Hbond substituents is 1. The lowest BCUT2D eigenvalue weighted by Crippen LogP contribution is -2.45. The summed E-state index contributed by atoms with van der Waals surface area (Å²) < 4.78 is 0. The maximum atomic E-state index is 12.7. The van der Waals surface area contributed by atoms with Crippen LogP contribution in [-0.4, -0.2) is 45.0 Å². The fourth-order valence-electron chi connectivity index (χ4n) is 3.17. The number of likely N-dealkylation sites (N-methyl/N-ethyl adjacent to an activating group) is 1. The van der Waals surface area contributed by atoms with E-state index in [1.165, 1.54) is 5.56 Å². The number of aryl methyl sites for hydroxylation is 1. The Morgan fingerprint density at radius 3 is 2.70 bits per heavy atom. The molecule has 0 bridgehead atoms. The topological polar surface area (TPSA) is 95.2 Å². The van der Waals surface area contributed by atoms with Gasteiger partial charge in [0.2, 0.25) is 5.91 Å². The summed E-state index contributed by atoms with van der Waals surface area (Å²) >= 11 is 0. The Kier molecular flexibility index (Phi) is 5.76. The van der Waals surface area contributed by atoms with E-state index < -0.39 is 6.04 Å². The van der Waals surface area contributed by atoms with Crippen molar-refractivity contribution >= 4 is 16.9 Å². The summed E-state index contributed by atoms with van der Waals surface area (Å²) in [6, 6.07) is 12.3. The average molecular weight is 366 g/mol. The Labute approximate surface area is 159 Å². The number of carbonyl (C=O) groups excluding carboxylic acids is 1. The molecule has 0 aliphatic heterocycles. The number of rotatable bonds is 7. The lowest BCUT2D eigenvalue weighted by atomic mass is 10.1. The molecule has 1 atom stereocenters. The van der Waals surface area contributed by atoms with E-state index in [4.69, 9.17) is 5.73 Å². The summed E-state index contributed by atoms with van der Waals surface area (Å²) in [5.74, 6) is 1.00. The number of nitrogens with zero attached hydrogens (tertiary/aromatic N) is 2. The number of carbonyl (C=O) groups is 1. The number of amides is 1. The number of nitrogens with two attached hydrogens (primary N) is 1. The van der Waals surface area contributed by atoms with Crippen LogP contribution in [0.3, 0.4) is 0 Å². The highest BCUT2D eigenvalue weighted by atomic mass is 16.3. The van der Waals surface area contributed by atoms with Crippen LogP contribution in [0, 0.1) is 6.92 Å². The minimum atomic E-state index is -0.604. The number of fused-ring (bicyclic) bond motifs is 1. The highest BCUT2D eigenvalue weighted by Gasteiger charge is 2.20. The number of imidazole rings is 1. The molecule has 0 spiro atoms. The van der Waals surface area contributed by atoms with E-state index in [9.17, 15) is 9.90 Å². The van der Waals surface area contributed by atoms with Gasteiger partial charge in [0.1, 0.15) is 11.6 Å². The van der Waals surface area contributed by atoms with Crippen LogP contribution in [0.15, 0.2) is 42.5 Å². The summed E-state index contributed by atoms with van der Waals surface area (Å²) in [6.07, 6.45) is 1.10. The molecule has 0 fully saturated rings. The second kappa shape index (κ2) is 8.22. The zero-order valence-electron chi connectivity index (χ0n) is 15.8. The molecule has 2 aromatic carbocycles. The minimum absolute atomic E-state index is 0.0717. The molecule has 0 saturated heterocycles. The van der Waals surface area contributed by atoms with Crippen LogP contribution in [0.4, 0.5) is 0 Å². The first-order chi connectivity index (χ1) is 13.0. The number of H-pyrrole nitrogens is 1. The van der Waals surface area contributed by atoms with E-state index in [0.29, 0.717) is 25.9 Å². The Morgan fingerprint density at radius 1 is 1.26 bits per heavy atom. The number of aromatic amines is 1. The molecule has 3 rings (SSSR count). The van der Waals surface area contributed by atoms with Crippen LogP contribution in [0.25, 0.3) is 11.0 Å². The van der Waals surface area contributed by atoms with Crippen LogP contribution < -0.4 is 5.73 Å². The van der Waals surface area contributed by atoms with Crippen LogP contribution in [-0.2, 0) is 17.6 Å². The fourth-order valence-corrected chi connectivity index (χ4v) is 3.17. The first-order valence-corrected chi connectivity index (χ1v) is 9.23. The van der Waals surface area contributed by atoms with E-state index in [1.54, 1.807) is 29.2 Å². The lowest BCUT2D eigenvalue weighted by molar-refractivity contribution is -0.132. The molecule has 6 nitrogen and oxygen atoms in total. The number of benzene rings is 2. The van der Waals surface area contributed by atoms with Gasteiger partial charge >= 0.3 is 0 Å². The molecule has 0 aliphatic rings. The number of aromatic nitrogens is 2. The van der Waals surface area contributed by atoms with Crippen molar-refractivity contribution in [1.29, 1.82) is 0 Å². The summed E-state index contributed by atoms with van der Waals surface area (Å²) in [6.45, 7) is 5.17. The molecule has 0 unspecified atom stereocenters. The predicted molar refractivity (Wildman–Crippen MR) is 107 cm³/mol. The SMILES string of the molecule is CCN(CCc1nc2ccc(C)cc2[nH]1)C(=O)[C@@H](N)Cc1ccc(O)cc1. The van der Waals surface area contributed by atoms with Gasteiger partial charge in [-0.25, -0.2) is 4.98 Å². The first-order valence-electron chi connectivity index (χ1n) is 9.23. The van der Waals surface area contributed by atoms with Gasteiger partial charge in [-0.15, -0.1) is 0 Å². The maximum absolute atomic E-state index is 12.7. The van der Waals surface area contributed by atoms with Crippen molar-refractivity contribution < 1.29 is 9.90 Å². The molecule has 4 N–H and O–H groups in total. The van der Waals surface area contributed by atoms with Crippen molar-refractivity contribution in [2.24, 2.45) is 5.73 Å². The van der Waals surface area contributed by atoms with E-state index >= 15 is 0 Å². The molecule has 6 heteroatoms. The second-order valence-electron chi connectivity index (χ2n) is 6.85. The lowest BCUT2D eigenvalue weighted by Gasteiger charge is -2.24. The normalized spacial score (nSPS) is 12.3. The number of hydrogen-bond donors (Lipinski definition) is 3. The maximum Gasteiger partial charge on any atom is 0.239 e. The number of aromatic hydroxyl groups is 1. The first kappa shape index (κ1) is 18.9. The Morgan fingerprint density at radius 2 is 2.00 bits per heavy atom. The van der Waals surface area contributed by atoms with Gasteiger partial charge in [-0.05, 0) is 55.7 Å². The van der Waals surface area contributed by atoms with Crippen LogP contribution in [0.1, 0.15) is 23.9 Å². The monoisotopic (exact) mass is 366 g/mol. The zero-order chi connectivity index (χ0) is 19.4. The van der Waals surface area contributed by atoms with Crippen LogP contribution in [0.2, 0.25) is 0 Å². The van der Waals surface area contributed by atoms with Crippen molar-refractivity contribution in [2.75, 3.05) is 13.1 Å². The molecular weight excluding hydrogens is 340 g/mol. The Hall–Kier alpha value is -2.86. The molecule has 1 amide bonds. The zero-order valence-corrected chi connectivity index (χ0v) is 15.8. The van der Waals surface area contributed by atoms with Crippen molar-refractivity contribution in [2.45, 2.75) is 32.7 Å². The quantitative estimate of drug-likeness (QED) is 0.599. The molecule has 142 valence electrons. The molecule has 0 aliphatic carbocycles. The summed E-state index contributed by atoms with van der Waals surface area (Å²) in [4.78, 5) is 22.4. The van der Waals surface area contributed by atoms with Crippen molar-refractivity contribution in [1.82, 2.24) is 14.9 Å². The second-order valence-corrected chi connectivity index (χ2v) is 6.85. The van der Waals surface area contributed by atoms with E-state index in [1.807, 2.05) is 26.0 Å². The van der Waals surface area contributed by atoms with Crippen molar-refractivity contribution in [3.05, 3.63) is 59.4 Å². The van der Waals surface area contributed by atoms with Crippen molar-refractivity contribution in [3.63, 3.8) is 0 Å². The number of nitrogens with one attached hydrogen (secondary N) is 1. The number of phenols is 1. The van der Waals surface area contributed by atoms with Gasteiger partial charge in [0.25, 0.3) is 0 Å². The van der Waals surface area contributed by atoms with Gasteiger partial charge in [0.05, 0.1) is 17.1 Å². The molecule has 27 heavy (non-hydrogen) atoms. The van der Waals surface area contributed by atoms with Gasteiger partial charge in [0.15, 0.2) is 0 Å². The highest BCUT2D eigenvalue weighted by Crippen LogP contribution is 2.14. The van der Waals surface area contributed by atoms with E-state index in [-0.39, 0.29) is 11.7 Å². The average Bonchev–Trinajstić information content (AvgIpc) is 3.05. The Bertz CT molecular complexity index is 918. The molecule has 0 radical (unpaired) electrons. The third-order valence-electron chi connectivity index (χ3n) is 4.71. The van der Waals surface area contributed by atoms with Gasteiger partial charge in [-0.2, -0.15) is 0 Å². The smallest absolute Gasteiger partial charge is 0.239 e. The van der Waals surface area contributed by atoms with Crippen molar-refractivity contribution in [3.8, 4) is 5.75 Å². The van der Waals surface area contributed by atoms with Crippen LogP contribution >= 0.6 is 0 Å². The highest BCUT2D eigenvalue weighted by molar-refractivity contribution is 5.82. The summed E-state index contributed by atoms with van der Waals surface area (Å²) in [5, 5.41) is 9.36. The van der Waals surface area contributed by atoms with E-state index in [0.717, 1.165) is 22.4 Å². The molecular formula is C21H26N4O2. The fraction of sp³-hybridized carbons (Fsp3) is 0.333. The summed E-state index contributed by atoms with van der Waals surface area (Å²) in [5.41, 5.74) is 10.2. The van der Waals surface area contributed by atoms with Gasteiger partial charge < -0.3 is 20.7 Å². The number of hydrogen-bond acceptors (Lipinski definition) is 4. The molecule has 0 saturated carbocycles. The minimum Gasteiger partial charge on any atom is -0.508 e. The van der Waals surface area contributed by atoms with E-state index in [2.05, 4.69) is 16.0 Å². The predicted octanol–water partition coefficient (Wildman–Crippen LogP) is 2.54. The van der Waals surface area contributed by atoms with Gasteiger partial charge in [-0.3, -0.25) is 4.79 Å². The largest absolute Gasteiger partial charge is 0.508 e.